The summed E-state index contributed by atoms with van der Waals surface area (Å²) in [5.41, 5.74) is 5.30. The molecule has 1 unspecified atom stereocenters. The number of hydrogen-bond acceptors (Lipinski definition) is 7. The van der Waals surface area contributed by atoms with Gasteiger partial charge in [0, 0.05) is 13.1 Å². The fourth-order valence-corrected chi connectivity index (χ4v) is 1.98. The van der Waals surface area contributed by atoms with Crippen molar-refractivity contribution >= 4 is 18.0 Å². The third-order valence-corrected chi connectivity index (χ3v) is 3.32. The Labute approximate surface area is 166 Å². The van der Waals surface area contributed by atoms with Gasteiger partial charge in [-0.05, 0) is 40.0 Å². The van der Waals surface area contributed by atoms with Crippen LogP contribution in [-0.4, -0.2) is 74.2 Å². The Morgan fingerprint density at radius 2 is 1.61 bits per heavy atom. The molecule has 2 amide bonds. The fraction of sp³-hybridized carbons (Fsp3) is 0.833. The summed E-state index contributed by atoms with van der Waals surface area (Å²) < 4.78 is 15.4. The third kappa shape index (κ3) is 17.5. The smallest absolute Gasteiger partial charge is 0.407 e. The van der Waals surface area contributed by atoms with E-state index in [4.69, 9.17) is 25.1 Å². The van der Waals surface area contributed by atoms with Crippen LogP contribution in [0.15, 0.2) is 0 Å². The van der Waals surface area contributed by atoms with E-state index in [2.05, 4.69) is 10.6 Å². The van der Waals surface area contributed by atoms with E-state index in [1.165, 1.54) is 0 Å². The van der Waals surface area contributed by atoms with Crippen molar-refractivity contribution in [2.75, 3.05) is 39.5 Å². The van der Waals surface area contributed by atoms with E-state index in [-0.39, 0.29) is 18.9 Å². The highest BCUT2D eigenvalue weighted by Gasteiger charge is 2.16. The lowest BCUT2D eigenvalue weighted by molar-refractivity contribution is -0.138. The van der Waals surface area contributed by atoms with Crippen molar-refractivity contribution < 1.29 is 33.7 Å². The standard InChI is InChI=1S/C18H35N3O7/c1-18(2,3)28-17(25)21-8-5-4-6-14(19)16(24)20-9-11-27-13-12-26-10-7-15(22)23/h14H,4-13,19H2,1-3H3,(H,20,24)(H,21,25)(H,22,23). The Kier molecular flexibility index (Phi) is 14.0. The molecule has 5 N–H and O–H groups in total. The molecule has 10 nitrogen and oxygen atoms in total. The van der Waals surface area contributed by atoms with Crippen LogP contribution in [0, 0.1) is 0 Å². The monoisotopic (exact) mass is 405 g/mol. The zero-order valence-corrected chi connectivity index (χ0v) is 17.1. The maximum atomic E-state index is 11.8. The Morgan fingerprint density at radius 1 is 0.964 bits per heavy atom. The van der Waals surface area contributed by atoms with E-state index in [0.717, 1.165) is 0 Å². The Balaban J connectivity index is 3.54. The van der Waals surface area contributed by atoms with Crippen LogP contribution >= 0.6 is 0 Å². The highest BCUT2D eigenvalue weighted by molar-refractivity contribution is 5.81. The van der Waals surface area contributed by atoms with Crippen LogP contribution in [0.1, 0.15) is 46.5 Å². The van der Waals surface area contributed by atoms with E-state index in [9.17, 15) is 14.4 Å². The van der Waals surface area contributed by atoms with Gasteiger partial charge in [-0.1, -0.05) is 0 Å². The van der Waals surface area contributed by atoms with Gasteiger partial charge in [-0.25, -0.2) is 4.79 Å². The van der Waals surface area contributed by atoms with Crippen LogP contribution in [0.4, 0.5) is 4.79 Å². The molecule has 10 heteroatoms. The summed E-state index contributed by atoms with van der Waals surface area (Å²) in [4.78, 5) is 33.6. The highest BCUT2D eigenvalue weighted by atomic mass is 16.6. The number of amides is 2. The second-order valence-electron chi connectivity index (χ2n) is 7.19. The van der Waals surface area contributed by atoms with Gasteiger partial charge in [0.05, 0.1) is 38.9 Å². The topological polar surface area (TPSA) is 149 Å². The van der Waals surface area contributed by atoms with Crippen LogP contribution in [-0.2, 0) is 23.8 Å². The van der Waals surface area contributed by atoms with Crippen molar-refractivity contribution in [1.29, 1.82) is 0 Å². The summed E-state index contributed by atoms with van der Waals surface area (Å²) in [6.45, 7) is 7.29. The molecule has 0 spiro atoms. The number of carbonyl (C=O) groups is 3. The van der Waals surface area contributed by atoms with Crippen molar-refractivity contribution in [1.82, 2.24) is 10.6 Å². The summed E-state index contributed by atoms with van der Waals surface area (Å²) in [5, 5.41) is 13.8. The number of nitrogens with two attached hydrogens (primary N) is 1. The van der Waals surface area contributed by atoms with E-state index < -0.39 is 23.7 Å². The summed E-state index contributed by atoms with van der Waals surface area (Å²) in [7, 11) is 0. The number of alkyl carbamates (subject to hydrolysis) is 1. The minimum Gasteiger partial charge on any atom is -0.481 e. The van der Waals surface area contributed by atoms with E-state index in [1.807, 2.05) is 0 Å². The van der Waals surface area contributed by atoms with Gasteiger partial charge < -0.3 is 35.7 Å². The first-order chi connectivity index (χ1) is 13.1. The minimum absolute atomic E-state index is 0.0367. The average Bonchev–Trinajstić information content (AvgIpc) is 2.57. The van der Waals surface area contributed by atoms with Gasteiger partial charge in [-0.2, -0.15) is 0 Å². The molecule has 0 fully saturated rings. The van der Waals surface area contributed by atoms with Crippen molar-refractivity contribution in [2.45, 2.75) is 58.1 Å². The lowest BCUT2D eigenvalue weighted by Crippen LogP contribution is -2.42. The number of carbonyl (C=O) groups excluding carboxylic acids is 2. The van der Waals surface area contributed by atoms with Crippen molar-refractivity contribution in [3.05, 3.63) is 0 Å². The molecule has 164 valence electrons. The number of ether oxygens (including phenoxy) is 3. The van der Waals surface area contributed by atoms with Gasteiger partial charge in [0.25, 0.3) is 0 Å². The molecule has 0 radical (unpaired) electrons. The summed E-state index contributed by atoms with van der Waals surface area (Å²) in [6, 6.07) is -0.610. The van der Waals surface area contributed by atoms with Gasteiger partial charge in [0.15, 0.2) is 0 Å². The Hall–Kier alpha value is -1.91. The molecule has 0 rings (SSSR count). The second-order valence-corrected chi connectivity index (χ2v) is 7.19. The lowest BCUT2D eigenvalue weighted by atomic mass is 10.1. The number of hydrogen-bond donors (Lipinski definition) is 4. The van der Waals surface area contributed by atoms with Crippen molar-refractivity contribution in [3.8, 4) is 0 Å². The quantitative estimate of drug-likeness (QED) is 0.290. The van der Waals surface area contributed by atoms with E-state index >= 15 is 0 Å². The number of unbranched alkanes of at least 4 members (excludes halogenated alkanes) is 1. The van der Waals surface area contributed by atoms with Gasteiger partial charge in [-0.15, -0.1) is 0 Å². The molecule has 1 atom stereocenters. The molecule has 0 saturated heterocycles. The second kappa shape index (κ2) is 15.1. The third-order valence-electron chi connectivity index (χ3n) is 3.32. The molecule has 0 aliphatic heterocycles. The maximum Gasteiger partial charge on any atom is 0.407 e. The summed E-state index contributed by atoms with van der Waals surface area (Å²) in [5.74, 6) is -1.15. The van der Waals surface area contributed by atoms with Gasteiger partial charge in [-0.3, -0.25) is 9.59 Å². The molecule has 0 aliphatic rings. The number of carboxylic acids is 1. The number of carboxylic acid groups (broad SMARTS) is 1. The molecule has 0 heterocycles. The van der Waals surface area contributed by atoms with Crippen molar-refractivity contribution in [3.63, 3.8) is 0 Å². The van der Waals surface area contributed by atoms with Gasteiger partial charge in [0.2, 0.25) is 5.91 Å². The first-order valence-electron chi connectivity index (χ1n) is 9.49. The summed E-state index contributed by atoms with van der Waals surface area (Å²) >= 11 is 0. The largest absolute Gasteiger partial charge is 0.481 e. The average molecular weight is 405 g/mol. The molecule has 0 aromatic rings. The molecule has 0 aliphatic carbocycles. The molecular weight excluding hydrogens is 370 g/mol. The number of nitrogens with one attached hydrogen (secondary N) is 2. The van der Waals surface area contributed by atoms with Crippen LogP contribution in [0.25, 0.3) is 0 Å². The fourth-order valence-electron chi connectivity index (χ4n) is 1.98. The van der Waals surface area contributed by atoms with Gasteiger partial charge >= 0.3 is 12.1 Å². The van der Waals surface area contributed by atoms with E-state index in [0.29, 0.717) is 52.2 Å². The van der Waals surface area contributed by atoms with E-state index in [1.54, 1.807) is 20.8 Å². The normalized spacial score (nSPS) is 12.3. The molecule has 0 bridgehead atoms. The molecule has 0 aromatic heterocycles. The van der Waals surface area contributed by atoms with Crippen LogP contribution < -0.4 is 16.4 Å². The molecule has 0 aromatic carbocycles. The first kappa shape index (κ1) is 26.1. The predicted molar refractivity (Wildman–Crippen MR) is 103 cm³/mol. The lowest BCUT2D eigenvalue weighted by Gasteiger charge is -2.19. The Bertz CT molecular complexity index is 467. The molecule has 0 saturated carbocycles. The first-order valence-corrected chi connectivity index (χ1v) is 9.49. The maximum absolute atomic E-state index is 11.8. The zero-order valence-electron chi connectivity index (χ0n) is 17.1. The van der Waals surface area contributed by atoms with Crippen LogP contribution in [0.3, 0.4) is 0 Å². The van der Waals surface area contributed by atoms with Crippen LogP contribution in [0.5, 0.6) is 0 Å². The Morgan fingerprint density at radius 3 is 2.21 bits per heavy atom. The van der Waals surface area contributed by atoms with Crippen molar-refractivity contribution in [2.24, 2.45) is 5.73 Å². The SMILES string of the molecule is CC(C)(C)OC(=O)NCCCCC(N)C(=O)NCCOCCOCCC(=O)O. The predicted octanol–water partition coefficient (Wildman–Crippen LogP) is 0.633. The number of aliphatic carboxylic acids is 1. The molecular formula is C18H35N3O7. The van der Waals surface area contributed by atoms with Gasteiger partial charge in [0.1, 0.15) is 5.60 Å². The molecule has 28 heavy (non-hydrogen) atoms. The highest BCUT2D eigenvalue weighted by Crippen LogP contribution is 2.06. The summed E-state index contributed by atoms with van der Waals surface area (Å²) in [6.07, 6.45) is 1.42. The number of rotatable bonds is 15. The van der Waals surface area contributed by atoms with Crippen LogP contribution in [0.2, 0.25) is 0 Å². The minimum atomic E-state index is -0.903. The zero-order chi connectivity index (χ0) is 21.4.